The summed E-state index contributed by atoms with van der Waals surface area (Å²) in [4.78, 5) is 27.3. The zero-order chi connectivity index (χ0) is 21.9. The number of ether oxygens (including phenoxy) is 2. The molecule has 2 N–H and O–H groups in total. The van der Waals surface area contributed by atoms with E-state index >= 15 is 0 Å². The molecule has 7 heteroatoms. The second-order valence-electron chi connectivity index (χ2n) is 9.15. The van der Waals surface area contributed by atoms with Crippen molar-refractivity contribution in [1.29, 1.82) is 0 Å². The Bertz CT molecular complexity index is 1110. The number of anilines is 2. The number of amides is 1. The molecule has 2 fully saturated rings. The highest BCUT2D eigenvalue weighted by atomic mass is 16.7. The first-order chi connectivity index (χ1) is 14.8. The maximum Gasteiger partial charge on any atom is 0.239 e. The lowest BCUT2D eigenvalue weighted by atomic mass is 9.64. The lowest BCUT2D eigenvalue weighted by Gasteiger charge is -2.37. The Morgan fingerprint density at radius 3 is 2.48 bits per heavy atom. The lowest BCUT2D eigenvalue weighted by molar-refractivity contribution is -0.139. The smallest absolute Gasteiger partial charge is 0.239 e. The van der Waals surface area contributed by atoms with E-state index in [1.54, 1.807) is 18.2 Å². The van der Waals surface area contributed by atoms with E-state index in [9.17, 15) is 9.59 Å². The minimum atomic E-state index is -1.17. The van der Waals surface area contributed by atoms with Crippen LogP contribution in [-0.4, -0.2) is 24.2 Å². The molecule has 2 bridgehead atoms. The van der Waals surface area contributed by atoms with E-state index in [2.05, 4.69) is 15.8 Å². The Labute approximate surface area is 180 Å². The molecule has 1 heterocycles. The van der Waals surface area contributed by atoms with Crippen LogP contribution >= 0.6 is 0 Å². The van der Waals surface area contributed by atoms with E-state index in [1.807, 2.05) is 51.1 Å². The van der Waals surface area contributed by atoms with E-state index in [0.717, 1.165) is 12.1 Å². The maximum absolute atomic E-state index is 13.7. The van der Waals surface area contributed by atoms with E-state index in [1.165, 1.54) is 0 Å². The number of benzene rings is 2. The second-order valence-corrected chi connectivity index (χ2v) is 9.15. The van der Waals surface area contributed by atoms with Crippen molar-refractivity contribution in [2.45, 2.75) is 33.6 Å². The molecule has 2 aromatic rings. The molecule has 2 saturated carbocycles. The van der Waals surface area contributed by atoms with Crippen molar-refractivity contribution >= 4 is 28.8 Å². The van der Waals surface area contributed by atoms with Gasteiger partial charge in [0.2, 0.25) is 12.7 Å². The summed E-state index contributed by atoms with van der Waals surface area (Å²) in [5, 5.41) is 7.47. The van der Waals surface area contributed by atoms with E-state index in [-0.39, 0.29) is 18.5 Å². The standard InChI is InChI=1S/C24H25N3O4/c1-22(2)23(3)11-12-24(22,20(28)19(23)27-26-15-7-5-4-6-8-15)21(29)25-16-9-10-17-18(13-16)31-14-30-17/h4-10,13,26H,11-12,14H2,1-3H3,(H,25,29). The van der Waals surface area contributed by atoms with Crippen molar-refractivity contribution in [1.82, 2.24) is 0 Å². The molecule has 1 amide bonds. The molecule has 31 heavy (non-hydrogen) atoms. The molecule has 3 aliphatic rings. The minimum absolute atomic E-state index is 0.161. The van der Waals surface area contributed by atoms with Crippen LogP contribution in [0.1, 0.15) is 33.6 Å². The number of ketones is 1. The van der Waals surface area contributed by atoms with Gasteiger partial charge in [-0.2, -0.15) is 5.10 Å². The van der Waals surface area contributed by atoms with Crippen molar-refractivity contribution in [3.8, 4) is 11.5 Å². The van der Waals surface area contributed by atoms with Crippen LogP contribution in [0.25, 0.3) is 0 Å². The zero-order valence-corrected chi connectivity index (χ0v) is 17.8. The fourth-order valence-corrected chi connectivity index (χ4v) is 5.32. The molecular formula is C24H25N3O4. The van der Waals surface area contributed by atoms with Crippen molar-refractivity contribution in [3.63, 3.8) is 0 Å². The number of carbonyl (C=O) groups excluding carboxylic acids is 2. The van der Waals surface area contributed by atoms with E-state index in [4.69, 9.17) is 9.47 Å². The van der Waals surface area contributed by atoms with Crippen LogP contribution in [0.2, 0.25) is 0 Å². The van der Waals surface area contributed by atoms with Crippen LogP contribution in [0.5, 0.6) is 11.5 Å². The van der Waals surface area contributed by atoms with E-state index in [0.29, 0.717) is 29.3 Å². The molecule has 2 atom stereocenters. The van der Waals surface area contributed by atoms with Gasteiger partial charge in [0.15, 0.2) is 17.3 Å². The summed E-state index contributed by atoms with van der Waals surface area (Å²) in [7, 11) is 0. The van der Waals surface area contributed by atoms with Gasteiger partial charge in [-0.15, -0.1) is 0 Å². The van der Waals surface area contributed by atoms with Crippen molar-refractivity contribution in [3.05, 3.63) is 48.5 Å². The quantitative estimate of drug-likeness (QED) is 0.572. The van der Waals surface area contributed by atoms with E-state index < -0.39 is 16.2 Å². The van der Waals surface area contributed by atoms with Gasteiger partial charge in [-0.1, -0.05) is 39.0 Å². The number of nitrogens with one attached hydrogen (secondary N) is 2. The van der Waals surface area contributed by atoms with Crippen LogP contribution in [0.3, 0.4) is 0 Å². The Morgan fingerprint density at radius 1 is 0.968 bits per heavy atom. The highest BCUT2D eigenvalue weighted by Gasteiger charge is 2.76. The molecule has 0 aromatic heterocycles. The topological polar surface area (TPSA) is 89.0 Å². The average molecular weight is 419 g/mol. The molecule has 0 radical (unpaired) electrons. The van der Waals surface area contributed by atoms with Crippen LogP contribution in [0.4, 0.5) is 11.4 Å². The number of hydrogen-bond donors (Lipinski definition) is 2. The second kappa shape index (κ2) is 6.57. The maximum atomic E-state index is 13.7. The van der Waals surface area contributed by atoms with Gasteiger partial charge in [0.1, 0.15) is 11.1 Å². The molecule has 160 valence electrons. The molecule has 0 spiro atoms. The fraction of sp³-hybridized carbons (Fsp3) is 0.375. The fourth-order valence-electron chi connectivity index (χ4n) is 5.32. The first-order valence-electron chi connectivity index (χ1n) is 10.4. The van der Waals surface area contributed by atoms with Gasteiger partial charge in [0, 0.05) is 17.2 Å². The van der Waals surface area contributed by atoms with Gasteiger partial charge < -0.3 is 14.8 Å². The first kappa shape index (κ1) is 19.6. The summed E-state index contributed by atoms with van der Waals surface area (Å²) in [5.41, 5.74) is 2.56. The monoisotopic (exact) mass is 419 g/mol. The van der Waals surface area contributed by atoms with Crippen LogP contribution < -0.4 is 20.2 Å². The summed E-state index contributed by atoms with van der Waals surface area (Å²) >= 11 is 0. The van der Waals surface area contributed by atoms with Crippen LogP contribution in [-0.2, 0) is 9.59 Å². The average Bonchev–Trinajstić information content (AvgIpc) is 3.33. The largest absolute Gasteiger partial charge is 0.454 e. The molecule has 2 unspecified atom stereocenters. The predicted octanol–water partition coefficient (Wildman–Crippen LogP) is 4.22. The highest BCUT2D eigenvalue weighted by molar-refractivity contribution is 6.51. The third kappa shape index (κ3) is 2.55. The summed E-state index contributed by atoms with van der Waals surface area (Å²) in [6.07, 6.45) is 1.21. The van der Waals surface area contributed by atoms with Gasteiger partial charge in [-0.05, 0) is 42.5 Å². The molecule has 2 aliphatic carbocycles. The van der Waals surface area contributed by atoms with Crippen molar-refractivity contribution in [2.24, 2.45) is 21.3 Å². The first-order valence-corrected chi connectivity index (χ1v) is 10.4. The third-order valence-electron chi connectivity index (χ3n) is 7.66. The summed E-state index contributed by atoms with van der Waals surface area (Å²) in [5.74, 6) is 0.726. The van der Waals surface area contributed by atoms with Crippen molar-refractivity contribution < 1.29 is 19.1 Å². The van der Waals surface area contributed by atoms with Gasteiger partial charge >= 0.3 is 0 Å². The van der Waals surface area contributed by atoms with Crippen LogP contribution in [0.15, 0.2) is 53.6 Å². The Kier molecular flexibility index (Phi) is 4.16. The molecule has 0 saturated heterocycles. The number of hydrazone groups is 1. The summed E-state index contributed by atoms with van der Waals surface area (Å²) in [6, 6.07) is 14.7. The number of rotatable bonds is 4. The number of para-hydroxylation sites is 1. The normalized spacial score (nSPS) is 28.7. The van der Waals surface area contributed by atoms with Gasteiger partial charge in [0.05, 0.1) is 5.69 Å². The lowest BCUT2D eigenvalue weighted by Crippen LogP contribution is -2.47. The van der Waals surface area contributed by atoms with Gasteiger partial charge in [-0.3, -0.25) is 15.0 Å². The molecular weight excluding hydrogens is 394 g/mol. The van der Waals surface area contributed by atoms with Crippen LogP contribution in [0, 0.1) is 16.2 Å². The molecule has 7 nitrogen and oxygen atoms in total. The number of carbonyl (C=O) groups is 2. The minimum Gasteiger partial charge on any atom is -0.454 e. The highest BCUT2D eigenvalue weighted by Crippen LogP contribution is 2.69. The Balaban J connectivity index is 1.47. The number of Topliss-reactive ketones (excluding diaryl/α,β-unsaturated/α-hetero) is 1. The van der Waals surface area contributed by atoms with Gasteiger partial charge in [-0.25, -0.2) is 0 Å². The van der Waals surface area contributed by atoms with Crippen molar-refractivity contribution in [2.75, 3.05) is 17.5 Å². The van der Waals surface area contributed by atoms with Gasteiger partial charge in [0.25, 0.3) is 0 Å². The third-order valence-corrected chi connectivity index (χ3v) is 7.66. The Hall–Kier alpha value is -3.35. The number of nitrogens with zero attached hydrogens (tertiary/aromatic N) is 1. The molecule has 1 aliphatic heterocycles. The SMILES string of the molecule is CC12CCC(C(=O)Nc3ccc4c(c3)OCO4)(C(=O)C1=NNc1ccccc1)C2(C)C. The number of fused-ring (bicyclic) bond motifs is 3. The number of hydrogen-bond acceptors (Lipinski definition) is 6. The summed E-state index contributed by atoms with van der Waals surface area (Å²) < 4.78 is 10.7. The molecule has 2 aromatic carbocycles. The Morgan fingerprint density at radius 2 is 1.71 bits per heavy atom. The predicted molar refractivity (Wildman–Crippen MR) is 117 cm³/mol. The zero-order valence-electron chi connectivity index (χ0n) is 17.8. The summed E-state index contributed by atoms with van der Waals surface area (Å²) in [6.45, 7) is 6.21. The molecule has 5 rings (SSSR count).